The van der Waals surface area contributed by atoms with Crippen LogP contribution >= 0.6 is 11.6 Å². The molecule has 1 saturated heterocycles. The molecule has 3 aromatic rings. The fourth-order valence-electron chi connectivity index (χ4n) is 4.78. The average molecular weight is 491 g/mol. The lowest BCUT2D eigenvalue weighted by atomic mass is 9.78. The number of nitrogen functional groups attached to an aromatic ring is 1. The van der Waals surface area contributed by atoms with E-state index in [1.165, 1.54) is 4.90 Å². The number of likely N-dealkylation sites (N-methyl/N-ethyl adjacent to an activating group) is 1. The largest absolute Gasteiger partial charge is 0.398 e. The van der Waals surface area contributed by atoms with Gasteiger partial charge in [0.1, 0.15) is 11.4 Å². The molecule has 4 amide bonds. The van der Waals surface area contributed by atoms with Crippen molar-refractivity contribution < 1.29 is 14.4 Å². The van der Waals surface area contributed by atoms with E-state index in [9.17, 15) is 14.4 Å². The third-order valence-corrected chi connectivity index (χ3v) is 7.17. The molecular weight excluding hydrogens is 468 g/mol. The van der Waals surface area contributed by atoms with Crippen LogP contribution < -0.4 is 16.4 Å². The van der Waals surface area contributed by atoms with E-state index in [-0.39, 0.29) is 17.8 Å². The Morgan fingerprint density at radius 1 is 1.23 bits per heavy atom. The van der Waals surface area contributed by atoms with Crippen molar-refractivity contribution in [2.75, 3.05) is 18.1 Å². The number of amides is 4. The van der Waals surface area contributed by atoms with Gasteiger partial charge in [-0.3, -0.25) is 19.9 Å². The van der Waals surface area contributed by atoms with Crippen molar-refractivity contribution in [1.29, 1.82) is 0 Å². The quantitative estimate of drug-likeness (QED) is 0.290. The minimum Gasteiger partial charge on any atom is -0.398 e. The highest BCUT2D eigenvalue weighted by atomic mass is 35.5. The Morgan fingerprint density at radius 3 is 2.69 bits per heavy atom. The van der Waals surface area contributed by atoms with Gasteiger partial charge in [0, 0.05) is 48.4 Å². The van der Waals surface area contributed by atoms with Crippen molar-refractivity contribution in [3.05, 3.63) is 59.5 Å². The number of rotatable bonds is 3. The highest BCUT2D eigenvalue weighted by molar-refractivity contribution is 6.33. The van der Waals surface area contributed by atoms with Gasteiger partial charge in [0.15, 0.2) is 0 Å². The summed E-state index contributed by atoms with van der Waals surface area (Å²) in [6.45, 7) is 0. The second kappa shape index (κ2) is 8.66. The van der Waals surface area contributed by atoms with E-state index in [2.05, 4.69) is 20.6 Å². The smallest absolute Gasteiger partial charge is 0.324 e. The Hall–Kier alpha value is -3.98. The van der Waals surface area contributed by atoms with E-state index < -0.39 is 5.54 Å². The molecule has 9 nitrogen and oxygen atoms in total. The predicted molar refractivity (Wildman–Crippen MR) is 134 cm³/mol. The van der Waals surface area contributed by atoms with E-state index in [1.54, 1.807) is 43.8 Å². The van der Waals surface area contributed by atoms with Gasteiger partial charge in [0.25, 0.3) is 5.91 Å². The SMILES string of the molecule is CN1C(=O)NC(=O)C12CCC(=CC(=O)Nc1cc3cc(-c4cnccc4Cl)cc(N)c3cn1)CC2. The third-order valence-electron chi connectivity index (χ3n) is 6.84. The number of benzene rings is 1. The summed E-state index contributed by atoms with van der Waals surface area (Å²) in [5.74, 6) is -0.177. The van der Waals surface area contributed by atoms with Crippen LogP contribution in [-0.2, 0) is 9.59 Å². The number of pyridine rings is 2. The fourth-order valence-corrected chi connectivity index (χ4v) is 5.00. The van der Waals surface area contributed by atoms with Crippen LogP contribution in [0.4, 0.5) is 16.3 Å². The zero-order chi connectivity index (χ0) is 24.7. The summed E-state index contributed by atoms with van der Waals surface area (Å²) < 4.78 is 0. The third kappa shape index (κ3) is 4.08. The second-order valence-electron chi connectivity index (χ2n) is 8.85. The number of halogens is 1. The molecule has 2 fully saturated rings. The summed E-state index contributed by atoms with van der Waals surface area (Å²) in [5, 5.41) is 7.31. The molecule has 10 heteroatoms. The van der Waals surface area contributed by atoms with Gasteiger partial charge in [-0.1, -0.05) is 17.2 Å². The maximum Gasteiger partial charge on any atom is 0.324 e. The van der Waals surface area contributed by atoms with Crippen LogP contribution in [0.15, 0.2) is 54.5 Å². The van der Waals surface area contributed by atoms with E-state index in [1.807, 2.05) is 12.1 Å². The highest BCUT2D eigenvalue weighted by Gasteiger charge is 2.51. The lowest BCUT2D eigenvalue weighted by Crippen LogP contribution is -2.49. The average Bonchev–Trinajstić information content (AvgIpc) is 3.03. The normalized spacial score (nSPS) is 19.8. The molecule has 178 valence electrons. The molecule has 4 N–H and O–H groups in total. The number of anilines is 2. The molecule has 1 aromatic carbocycles. The van der Waals surface area contributed by atoms with Crippen molar-refractivity contribution in [3.8, 4) is 11.1 Å². The van der Waals surface area contributed by atoms with E-state index >= 15 is 0 Å². The van der Waals surface area contributed by atoms with Crippen LogP contribution in [0.25, 0.3) is 21.9 Å². The fraction of sp³-hybridized carbons (Fsp3) is 0.240. The van der Waals surface area contributed by atoms with E-state index in [4.69, 9.17) is 17.3 Å². The zero-order valence-electron chi connectivity index (χ0n) is 19.0. The number of hydrogen-bond acceptors (Lipinski definition) is 6. The minimum absolute atomic E-state index is 0.264. The number of hydrogen-bond donors (Lipinski definition) is 3. The van der Waals surface area contributed by atoms with Gasteiger partial charge in [0.2, 0.25) is 5.91 Å². The number of nitrogens with two attached hydrogens (primary N) is 1. The molecule has 2 aromatic heterocycles. The Labute approximate surface area is 206 Å². The first-order chi connectivity index (χ1) is 16.8. The molecule has 1 aliphatic heterocycles. The van der Waals surface area contributed by atoms with E-state index in [0.717, 1.165) is 27.5 Å². The number of fused-ring (bicyclic) bond motifs is 1. The Morgan fingerprint density at radius 2 is 2.00 bits per heavy atom. The first kappa shape index (κ1) is 22.8. The van der Waals surface area contributed by atoms with Gasteiger partial charge in [-0.15, -0.1) is 0 Å². The topological polar surface area (TPSA) is 130 Å². The number of allylic oxidation sites excluding steroid dienone is 1. The maximum atomic E-state index is 12.7. The molecule has 1 aliphatic carbocycles. The van der Waals surface area contributed by atoms with Crippen molar-refractivity contribution in [3.63, 3.8) is 0 Å². The number of imide groups is 1. The lowest BCUT2D eigenvalue weighted by Gasteiger charge is -2.36. The van der Waals surface area contributed by atoms with Crippen molar-refractivity contribution in [2.24, 2.45) is 0 Å². The van der Waals surface area contributed by atoms with Gasteiger partial charge in [0.05, 0.1) is 5.02 Å². The van der Waals surface area contributed by atoms with Gasteiger partial charge in [-0.25, -0.2) is 9.78 Å². The Balaban J connectivity index is 1.33. The number of carbonyl (C=O) groups is 3. The number of aromatic nitrogens is 2. The summed E-state index contributed by atoms with van der Waals surface area (Å²) in [7, 11) is 1.63. The van der Waals surface area contributed by atoms with Crippen LogP contribution in [0.1, 0.15) is 25.7 Å². The van der Waals surface area contributed by atoms with Crippen LogP contribution in [0, 0.1) is 0 Å². The zero-order valence-corrected chi connectivity index (χ0v) is 19.7. The molecule has 2 aliphatic rings. The molecule has 0 bridgehead atoms. The van der Waals surface area contributed by atoms with Gasteiger partial charge in [-0.2, -0.15) is 0 Å². The molecule has 35 heavy (non-hydrogen) atoms. The van der Waals surface area contributed by atoms with E-state index in [0.29, 0.717) is 42.2 Å². The van der Waals surface area contributed by atoms with Gasteiger partial charge in [-0.05, 0) is 60.9 Å². The Bertz CT molecular complexity index is 1410. The maximum absolute atomic E-state index is 12.7. The summed E-state index contributed by atoms with van der Waals surface area (Å²) in [6.07, 6.45) is 8.53. The highest BCUT2D eigenvalue weighted by Crippen LogP contribution is 2.38. The molecule has 1 saturated carbocycles. The number of nitrogens with one attached hydrogen (secondary N) is 2. The van der Waals surface area contributed by atoms with Crippen LogP contribution in [-0.4, -0.2) is 45.3 Å². The molecule has 0 radical (unpaired) electrons. The van der Waals surface area contributed by atoms with Gasteiger partial charge < -0.3 is 16.0 Å². The second-order valence-corrected chi connectivity index (χ2v) is 9.26. The molecule has 0 unspecified atom stereocenters. The summed E-state index contributed by atoms with van der Waals surface area (Å²) >= 11 is 6.32. The van der Waals surface area contributed by atoms with Crippen molar-refractivity contribution in [1.82, 2.24) is 20.2 Å². The number of nitrogens with zero attached hydrogens (tertiary/aromatic N) is 3. The summed E-state index contributed by atoms with van der Waals surface area (Å²) in [6, 6.07) is 6.84. The minimum atomic E-state index is -0.820. The number of carbonyl (C=O) groups excluding carboxylic acids is 3. The summed E-state index contributed by atoms with van der Waals surface area (Å²) in [4.78, 5) is 46.8. The summed E-state index contributed by atoms with van der Waals surface area (Å²) in [5.41, 5.74) is 8.46. The predicted octanol–water partition coefficient (Wildman–Crippen LogP) is 3.89. The molecule has 0 atom stereocenters. The van der Waals surface area contributed by atoms with Crippen molar-refractivity contribution >= 4 is 51.7 Å². The molecule has 1 spiro atoms. The van der Waals surface area contributed by atoms with Crippen LogP contribution in [0.5, 0.6) is 0 Å². The van der Waals surface area contributed by atoms with Gasteiger partial charge >= 0.3 is 6.03 Å². The molecular formula is C25H23ClN6O3. The standard InChI is InChI=1S/C25H23ClN6O3/c1-32-24(35)31-23(34)25(32)5-2-14(3-6-25)8-22(33)30-21-11-16-9-15(10-20(27)18(16)13-29-21)17-12-28-7-4-19(17)26/h4,7-13H,2-3,5-6,27H2,1H3,(H,29,30,33)(H,31,34,35). The Kier molecular flexibility index (Phi) is 5.64. The molecule has 5 rings (SSSR count). The number of urea groups is 1. The lowest BCUT2D eigenvalue weighted by molar-refractivity contribution is -0.127. The monoisotopic (exact) mass is 490 g/mol. The first-order valence-electron chi connectivity index (χ1n) is 11.2. The molecule has 3 heterocycles. The first-order valence-corrected chi connectivity index (χ1v) is 11.5. The van der Waals surface area contributed by atoms with Crippen LogP contribution in [0.2, 0.25) is 5.02 Å². The van der Waals surface area contributed by atoms with Crippen LogP contribution in [0.3, 0.4) is 0 Å². The van der Waals surface area contributed by atoms with Crippen molar-refractivity contribution in [2.45, 2.75) is 31.2 Å².